The molecule has 2 aliphatic heterocycles. The lowest BCUT2D eigenvalue weighted by Gasteiger charge is -2.22. The first-order valence-electron chi connectivity index (χ1n) is 16.1. The Morgan fingerprint density at radius 3 is 1.83 bits per heavy atom. The molecule has 0 radical (unpaired) electrons. The van der Waals surface area contributed by atoms with Crippen molar-refractivity contribution in [3.8, 4) is 0 Å². The topological polar surface area (TPSA) is 57.4 Å². The first kappa shape index (κ1) is 29.6. The number of aromatic amines is 2. The van der Waals surface area contributed by atoms with Gasteiger partial charge in [-0.15, -0.1) is 0 Å². The van der Waals surface area contributed by atoms with Gasteiger partial charge in [0.25, 0.3) is 0 Å². The first-order valence-corrected chi connectivity index (χ1v) is 17.7. The zero-order valence-corrected chi connectivity index (χ0v) is 27.9. The maximum atomic E-state index is 5.19. The molecule has 0 aromatic carbocycles. The van der Waals surface area contributed by atoms with Crippen LogP contribution >= 0.6 is 31.9 Å². The van der Waals surface area contributed by atoms with E-state index in [0.29, 0.717) is 5.92 Å². The fourth-order valence-electron chi connectivity index (χ4n) is 6.74. The van der Waals surface area contributed by atoms with Gasteiger partial charge in [-0.3, -0.25) is 0 Å². The maximum Gasteiger partial charge on any atom is 0.0800 e. The zero-order chi connectivity index (χ0) is 28.9. The van der Waals surface area contributed by atoms with Gasteiger partial charge in [-0.2, -0.15) is 0 Å². The van der Waals surface area contributed by atoms with Crippen LogP contribution in [0.1, 0.15) is 130 Å². The monoisotopic (exact) mass is 688 g/mol. The third kappa shape index (κ3) is 6.55. The maximum absolute atomic E-state index is 5.19. The summed E-state index contributed by atoms with van der Waals surface area (Å²) in [6.45, 7) is 2.28. The van der Waals surface area contributed by atoms with E-state index in [1.165, 1.54) is 94.6 Å². The quantitative estimate of drug-likeness (QED) is 0.143. The van der Waals surface area contributed by atoms with E-state index in [-0.39, 0.29) is 0 Å². The van der Waals surface area contributed by atoms with Crippen LogP contribution in [-0.4, -0.2) is 19.9 Å². The van der Waals surface area contributed by atoms with Crippen molar-refractivity contribution in [2.75, 3.05) is 0 Å². The second-order valence-electron chi connectivity index (χ2n) is 12.1. The van der Waals surface area contributed by atoms with Gasteiger partial charge in [0.15, 0.2) is 0 Å². The molecule has 3 aromatic heterocycles. The molecular formula is C36H42Br2N4. The molecule has 4 nitrogen and oxygen atoms in total. The van der Waals surface area contributed by atoms with E-state index in [0.717, 1.165) is 60.2 Å². The van der Waals surface area contributed by atoms with E-state index < -0.39 is 0 Å². The van der Waals surface area contributed by atoms with Gasteiger partial charge in [-0.05, 0) is 112 Å². The summed E-state index contributed by atoms with van der Waals surface area (Å²) in [7, 11) is 0. The largest absolute Gasteiger partial charge is 0.354 e. The molecule has 0 unspecified atom stereocenters. The lowest BCUT2D eigenvalue weighted by molar-refractivity contribution is 0.444. The number of nitrogens with one attached hydrogen (secondary N) is 2. The minimum Gasteiger partial charge on any atom is -0.354 e. The third-order valence-corrected chi connectivity index (χ3v) is 10.7. The van der Waals surface area contributed by atoms with Crippen molar-refractivity contribution in [3.05, 3.63) is 67.1 Å². The summed E-state index contributed by atoms with van der Waals surface area (Å²) >= 11 is 7.82. The summed E-state index contributed by atoms with van der Waals surface area (Å²) in [6, 6.07) is 8.80. The van der Waals surface area contributed by atoms with Crippen LogP contribution in [-0.2, 0) is 6.42 Å². The van der Waals surface area contributed by atoms with Crippen molar-refractivity contribution in [1.29, 1.82) is 0 Å². The highest BCUT2D eigenvalue weighted by atomic mass is 79.9. The van der Waals surface area contributed by atoms with Crippen LogP contribution in [0.15, 0.2) is 33.2 Å². The molecule has 0 spiro atoms. The van der Waals surface area contributed by atoms with Crippen LogP contribution in [0.3, 0.4) is 0 Å². The van der Waals surface area contributed by atoms with Gasteiger partial charge < -0.3 is 9.97 Å². The van der Waals surface area contributed by atoms with Crippen molar-refractivity contribution >= 4 is 78.2 Å². The van der Waals surface area contributed by atoms with E-state index >= 15 is 0 Å². The van der Waals surface area contributed by atoms with Crippen molar-refractivity contribution in [1.82, 2.24) is 19.9 Å². The Bertz CT molecular complexity index is 1640. The van der Waals surface area contributed by atoms with Crippen LogP contribution in [0, 0.1) is 0 Å². The number of hydrogen-bond donors (Lipinski definition) is 2. The summed E-state index contributed by atoms with van der Waals surface area (Å²) in [4.78, 5) is 17.8. The minimum atomic E-state index is 0.513. The fourth-order valence-corrected chi connectivity index (χ4v) is 7.64. The molecule has 2 N–H and O–H groups in total. The van der Waals surface area contributed by atoms with Gasteiger partial charge in [0, 0.05) is 22.2 Å². The number of aromatic nitrogens is 4. The number of unbranched alkanes of at least 4 members (excludes halogenated alkanes) is 7. The van der Waals surface area contributed by atoms with E-state index in [9.17, 15) is 0 Å². The van der Waals surface area contributed by atoms with Gasteiger partial charge in [0.1, 0.15) is 0 Å². The Balaban J connectivity index is 1.45. The molecule has 8 bridgehead atoms. The number of rotatable bonds is 10. The van der Waals surface area contributed by atoms with Crippen LogP contribution in [0.25, 0.3) is 46.4 Å². The van der Waals surface area contributed by atoms with Gasteiger partial charge >= 0.3 is 0 Å². The number of H-pyrrole nitrogens is 2. The smallest absolute Gasteiger partial charge is 0.0800 e. The molecule has 6 heteroatoms. The molecule has 3 aromatic rings. The highest BCUT2D eigenvalue weighted by Gasteiger charge is 2.22. The van der Waals surface area contributed by atoms with Gasteiger partial charge in [0.05, 0.1) is 42.8 Å². The minimum absolute atomic E-state index is 0.513. The molecule has 42 heavy (non-hydrogen) atoms. The molecule has 1 aliphatic carbocycles. The highest BCUT2D eigenvalue weighted by molar-refractivity contribution is 9.11. The van der Waals surface area contributed by atoms with Crippen molar-refractivity contribution in [2.45, 2.75) is 103 Å². The molecule has 1 saturated carbocycles. The standard InChI is InChI=1S/C36H42Br2N4/c1-2-3-4-5-6-7-8-12-15-25-26-16-20-30(39-26)35(37)32-22-18-28(41-32)34(24-13-10-9-11-14-24)29-19-23-33(42-29)36(38)31-21-17-27(25)40-31/h16-24,39,42H,2-15H2,1H3. The Kier molecular flexibility index (Phi) is 9.80. The molecule has 6 rings (SSSR count). The Labute approximate surface area is 266 Å². The van der Waals surface area contributed by atoms with Crippen LogP contribution < -0.4 is 0 Å². The first-order chi connectivity index (χ1) is 20.6. The molecular weight excluding hydrogens is 648 g/mol. The average Bonchev–Trinajstić information content (AvgIpc) is 3.84. The second kappa shape index (κ2) is 13.9. The van der Waals surface area contributed by atoms with Crippen molar-refractivity contribution in [3.63, 3.8) is 0 Å². The lowest BCUT2D eigenvalue weighted by atomic mass is 9.83. The van der Waals surface area contributed by atoms with Crippen LogP contribution in [0.5, 0.6) is 0 Å². The molecule has 5 heterocycles. The molecule has 0 amide bonds. The molecule has 1 fully saturated rings. The Morgan fingerprint density at radius 2 is 1.14 bits per heavy atom. The van der Waals surface area contributed by atoms with Gasteiger partial charge in [-0.1, -0.05) is 71.1 Å². The molecule has 0 saturated heterocycles. The highest BCUT2D eigenvalue weighted by Crippen LogP contribution is 2.38. The number of nitrogens with zero attached hydrogens (tertiary/aromatic N) is 2. The summed E-state index contributed by atoms with van der Waals surface area (Å²) in [5.74, 6) is 0.513. The second-order valence-corrected chi connectivity index (χ2v) is 13.7. The number of fused-ring (bicyclic) bond motifs is 8. The van der Waals surface area contributed by atoms with E-state index in [2.05, 4.69) is 97.3 Å². The lowest BCUT2D eigenvalue weighted by Crippen LogP contribution is -2.06. The van der Waals surface area contributed by atoms with E-state index in [1.54, 1.807) is 0 Å². The summed E-state index contributed by atoms with van der Waals surface area (Å²) < 4.78 is 2.00. The Morgan fingerprint density at radius 1 is 0.619 bits per heavy atom. The number of halogens is 2. The zero-order valence-electron chi connectivity index (χ0n) is 24.7. The van der Waals surface area contributed by atoms with E-state index in [4.69, 9.17) is 9.97 Å². The van der Waals surface area contributed by atoms with Crippen molar-refractivity contribution in [2.24, 2.45) is 0 Å². The number of aryl methyl sites for hydroxylation is 1. The van der Waals surface area contributed by atoms with E-state index in [1.807, 2.05) is 0 Å². The SMILES string of the molecule is CCCCCCCCCCc1c2nc(c(Br)c3ccc([nH]3)c(C3CCCCC3)c3nc(c(Br)c4ccc1[nH]4)C=C3)C=C2. The third-order valence-electron chi connectivity index (χ3n) is 9.07. The number of hydrogen-bond acceptors (Lipinski definition) is 2. The van der Waals surface area contributed by atoms with Crippen molar-refractivity contribution < 1.29 is 0 Å². The normalized spacial score (nSPS) is 15.1. The Hall–Kier alpha value is -2.44. The average molecular weight is 691 g/mol. The predicted octanol–water partition coefficient (Wildman–Crippen LogP) is 11.9. The van der Waals surface area contributed by atoms with Gasteiger partial charge in [-0.25, -0.2) is 9.97 Å². The summed E-state index contributed by atoms with van der Waals surface area (Å²) in [5, 5.41) is 0. The van der Waals surface area contributed by atoms with Gasteiger partial charge in [0.2, 0.25) is 0 Å². The van der Waals surface area contributed by atoms with Crippen LogP contribution in [0.4, 0.5) is 0 Å². The predicted molar refractivity (Wildman–Crippen MR) is 186 cm³/mol. The molecule has 3 aliphatic rings. The summed E-state index contributed by atoms with van der Waals surface area (Å²) in [6.07, 6.45) is 26.5. The molecule has 0 atom stereocenters. The summed E-state index contributed by atoms with van der Waals surface area (Å²) in [5.41, 5.74) is 11.1. The van der Waals surface area contributed by atoms with Crippen LogP contribution in [0.2, 0.25) is 0 Å². The molecule has 220 valence electrons. The fraction of sp³-hybridized carbons (Fsp3) is 0.444.